The molecule has 1 N–H and O–H groups in total. The van der Waals surface area contributed by atoms with Crippen LogP contribution in [0.5, 0.6) is 0 Å². The Bertz CT molecular complexity index is 733. The van der Waals surface area contributed by atoms with Gasteiger partial charge in [0.2, 0.25) is 0 Å². The molecule has 0 spiro atoms. The molecule has 120 valence electrons. The number of amides is 1. The van der Waals surface area contributed by atoms with Crippen molar-refractivity contribution < 1.29 is 13.6 Å². The van der Waals surface area contributed by atoms with Crippen LogP contribution < -0.4 is 5.32 Å². The first-order chi connectivity index (χ1) is 11.1. The molecule has 0 saturated carbocycles. The van der Waals surface area contributed by atoms with E-state index in [0.29, 0.717) is 30.8 Å². The minimum absolute atomic E-state index is 0.0632. The third kappa shape index (κ3) is 3.10. The molecule has 0 radical (unpaired) electrons. The molecule has 2 aromatic carbocycles. The first kappa shape index (κ1) is 15.6. The molecule has 5 heteroatoms. The first-order valence-corrected chi connectivity index (χ1v) is 7.60. The number of piperazine rings is 1. The number of aryl methyl sites for hydroxylation is 1. The lowest BCUT2D eigenvalue weighted by atomic mass is 10.0. The zero-order valence-corrected chi connectivity index (χ0v) is 12.9. The van der Waals surface area contributed by atoms with Gasteiger partial charge in [0.15, 0.2) is 0 Å². The number of carbonyl (C=O) groups is 1. The van der Waals surface area contributed by atoms with Crippen LogP contribution in [-0.4, -0.2) is 30.4 Å². The first-order valence-electron chi connectivity index (χ1n) is 7.60. The number of hydrogen-bond acceptors (Lipinski definition) is 2. The lowest BCUT2D eigenvalue weighted by Gasteiger charge is -2.36. The fourth-order valence-corrected chi connectivity index (χ4v) is 2.93. The summed E-state index contributed by atoms with van der Waals surface area (Å²) in [5.74, 6) is -1.20. The van der Waals surface area contributed by atoms with Gasteiger partial charge in [-0.3, -0.25) is 4.79 Å². The predicted octanol–water partition coefficient (Wildman–Crippen LogP) is 3.06. The van der Waals surface area contributed by atoms with Gasteiger partial charge in [0.05, 0.1) is 11.6 Å². The van der Waals surface area contributed by atoms with E-state index in [-0.39, 0.29) is 23.3 Å². The smallest absolute Gasteiger partial charge is 0.257 e. The molecule has 3 nitrogen and oxygen atoms in total. The standard InChI is InChI=1S/C18H18F2N2O/c1-12-4-2-7-15(17(12)20)18(23)22-9-8-21-11-16(22)13-5-3-6-14(19)10-13/h2-7,10,16,21H,8-9,11H2,1H3. The van der Waals surface area contributed by atoms with Gasteiger partial charge in [0.1, 0.15) is 11.6 Å². The van der Waals surface area contributed by atoms with Crippen LogP contribution in [0.2, 0.25) is 0 Å². The van der Waals surface area contributed by atoms with Crippen LogP contribution >= 0.6 is 0 Å². The predicted molar refractivity (Wildman–Crippen MR) is 84.2 cm³/mol. The number of nitrogens with zero attached hydrogens (tertiary/aromatic N) is 1. The van der Waals surface area contributed by atoms with Gasteiger partial charge in [0, 0.05) is 19.6 Å². The zero-order valence-electron chi connectivity index (χ0n) is 12.9. The summed E-state index contributed by atoms with van der Waals surface area (Å²) in [6, 6.07) is 10.7. The summed E-state index contributed by atoms with van der Waals surface area (Å²) >= 11 is 0. The van der Waals surface area contributed by atoms with Crippen LogP contribution in [0.25, 0.3) is 0 Å². The van der Waals surface area contributed by atoms with E-state index in [1.54, 1.807) is 36.1 Å². The maximum absolute atomic E-state index is 14.3. The molecule has 1 amide bonds. The molecule has 3 rings (SSSR count). The fourth-order valence-electron chi connectivity index (χ4n) is 2.93. The van der Waals surface area contributed by atoms with Gasteiger partial charge in [0.25, 0.3) is 5.91 Å². The van der Waals surface area contributed by atoms with Gasteiger partial charge < -0.3 is 10.2 Å². The molecule has 1 saturated heterocycles. The Morgan fingerprint density at radius 1 is 1.22 bits per heavy atom. The Balaban J connectivity index is 1.95. The average Bonchev–Trinajstić information content (AvgIpc) is 2.57. The van der Waals surface area contributed by atoms with Crippen LogP contribution in [0.1, 0.15) is 27.5 Å². The summed E-state index contributed by atoms with van der Waals surface area (Å²) in [6.45, 7) is 3.23. The van der Waals surface area contributed by atoms with Crippen LogP contribution in [0.15, 0.2) is 42.5 Å². The molecule has 2 aromatic rings. The second-order valence-corrected chi connectivity index (χ2v) is 5.71. The molecule has 1 aliphatic rings. The largest absolute Gasteiger partial charge is 0.329 e. The lowest BCUT2D eigenvalue weighted by Crippen LogP contribution is -2.48. The Morgan fingerprint density at radius 2 is 2.00 bits per heavy atom. The van der Waals surface area contributed by atoms with E-state index in [4.69, 9.17) is 0 Å². The molecule has 1 fully saturated rings. The monoisotopic (exact) mass is 316 g/mol. The molecular weight excluding hydrogens is 298 g/mol. The maximum atomic E-state index is 14.3. The number of benzene rings is 2. The Morgan fingerprint density at radius 3 is 2.78 bits per heavy atom. The van der Waals surface area contributed by atoms with Crippen LogP contribution in [0, 0.1) is 18.6 Å². The third-order valence-electron chi connectivity index (χ3n) is 4.16. The van der Waals surface area contributed by atoms with Crippen molar-refractivity contribution in [2.24, 2.45) is 0 Å². The SMILES string of the molecule is Cc1cccc(C(=O)N2CCNCC2c2cccc(F)c2)c1F. The van der Waals surface area contributed by atoms with Gasteiger partial charge in [-0.1, -0.05) is 24.3 Å². The highest BCUT2D eigenvalue weighted by atomic mass is 19.1. The maximum Gasteiger partial charge on any atom is 0.257 e. The molecule has 1 atom stereocenters. The lowest BCUT2D eigenvalue weighted by molar-refractivity contribution is 0.0629. The second-order valence-electron chi connectivity index (χ2n) is 5.71. The summed E-state index contributed by atoms with van der Waals surface area (Å²) in [4.78, 5) is 14.4. The van der Waals surface area contributed by atoms with E-state index in [2.05, 4.69) is 5.32 Å². The molecule has 1 unspecified atom stereocenters. The summed E-state index contributed by atoms with van der Waals surface area (Å²) in [5, 5.41) is 3.21. The van der Waals surface area contributed by atoms with Crippen molar-refractivity contribution in [1.82, 2.24) is 10.2 Å². The van der Waals surface area contributed by atoms with Crippen molar-refractivity contribution in [3.05, 3.63) is 70.8 Å². The number of carbonyl (C=O) groups excluding carboxylic acids is 1. The number of nitrogens with one attached hydrogen (secondary N) is 1. The highest BCUT2D eigenvalue weighted by molar-refractivity contribution is 5.95. The van der Waals surface area contributed by atoms with Gasteiger partial charge >= 0.3 is 0 Å². The summed E-state index contributed by atoms with van der Waals surface area (Å²) in [6.07, 6.45) is 0. The number of rotatable bonds is 2. The Labute approximate surface area is 133 Å². The van der Waals surface area contributed by atoms with E-state index in [0.717, 1.165) is 0 Å². The summed E-state index contributed by atoms with van der Waals surface area (Å²) < 4.78 is 27.8. The van der Waals surface area contributed by atoms with Crippen LogP contribution in [0.3, 0.4) is 0 Å². The van der Waals surface area contributed by atoms with Crippen LogP contribution in [-0.2, 0) is 0 Å². The zero-order chi connectivity index (χ0) is 16.4. The Hall–Kier alpha value is -2.27. The highest BCUT2D eigenvalue weighted by Crippen LogP contribution is 2.26. The molecule has 23 heavy (non-hydrogen) atoms. The van der Waals surface area contributed by atoms with Crippen LogP contribution in [0.4, 0.5) is 8.78 Å². The van der Waals surface area contributed by atoms with E-state index >= 15 is 0 Å². The van der Waals surface area contributed by atoms with Crippen molar-refractivity contribution >= 4 is 5.91 Å². The third-order valence-corrected chi connectivity index (χ3v) is 4.16. The summed E-state index contributed by atoms with van der Waals surface area (Å²) in [7, 11) is 0. The van der Waals surface area contributed by atoms with Gasteiger partial charge in [-0.05, 0) is 36.2 Å². The fraction of sp³-hybridized carbons (Fsp3) is 0.278. The van der Waals surface area contributed by atoms with E-state index in [1.807, 2.05) is 0 Å². The van der Waals surface area contributed by atoms with Gasteiger partial charge in [-0.25, -0.2) is 8.78 Å². The van der Waals surface area contributed by atoms with E-state index < -0.39 is 5.82 Å². The highest BCUT2D eigenvalue weighted by Gasteiger charge is 2.30. The molecule has 0 aliphatic carbocycles. The molecular formula is C18H18F2N2O. The van der Waals surface area contributed by atoms with Crippen molar-refractivity contribution in [3.8, 4) is 0 Å². The van der Waals surface area contributed by atoms with E-state index in [9.17, 15) is 13.6 Å². The van der Waals surface area contributed by atoms with E-state index in [1.165, 1.54) is 18.2 Å². The summed E-state index contributed by atoms with van der Waals surface area (Å²) in [5.41, 5.74) is 1.21. The topological polar surface area (TPSA) is 32.3 Å². The average molecular weight is 316 g/mol. The molecule has 0 bridgehead atoms. The van der Waals surface area contributed by atoms with Crippen molar-refractivity contribution in [3.63, 3.8) is 0 Å². The number of halogens is 2. The van der Waals surface area contributed by atoms with Gasteiger partial charge in [-0.2, -0.15) is 0 Å². The number of hydrogen-bond donors (Lipinski definition) is 1. The van der Waals surface area contributed by atoms with Crippen molar-refractivity contribution in [2.45, 2.75) is 13.0 Å². The minimum atomic E-state index is -0.492. The molecule has 1 aliphatic heterocycles. The minimum Gasteiger partial charge on any atom is -0.329 e. The van der Waals surface area contributed by atoms with Crippen molar-refractivity contribution in [1.29, 1.82) is 0 Å². The van der Waals surface area contributed by atoms with Gasteiger partial charge in [-0.15, -0.1) is 0 Å². The van der Waals surface area contributed by atoms with Crippen molar-refractivity contribution in [2.75, 3.05) is 19.6 Å². The Kier molecular flexibility index (Phi) is 4.39. The normalized spacial score (nSPS) is 18.0. The molecule has 0 aromatic heterocycles. The quantitative estimate of drug-likeness (QED) is 0.923. The second kappa shape index (κ2) is 6.46. The molecule has 1 heterocycles.